The van der Waals surface area contributed by atoms with Crippen LogP contribution in [0.4, 0.5) is 17.6 Å². The van der Waals surface area contributed by atoms with Crippen molar-refractivity contribution >= 4 is 33.5 Å². The van der Waals surface area contributed by atoms with Crippen molar-refractivity contribution in [2.45, 2.75) is 19.5 Å². The van der Waals surface area contributed by atoms with Crippen molar-refractivity contribution in [3.63, 3.8) is 0 Å². The molecule has 3 N–H and O–H groups in total. The van der Waals surface area contributed by atoms with Crippen molar-refractivity contribution in [2.24, 2.45) is 0 Å². The van der Waals surface area contributed by atoms with Gasteiger partial charge in [-0.3, -0.25) is 4.90 Å². The number of nitrogens with one attached hydrogen (secondary N) is 1. The molecule has 7 heteroatoms. The van der Waals surface area contributed by atoms with Crippen LogP contribution in [0.1, 0.15) is 24.4 Å². The minimum absolute atomic E-state index is 0.0136. The lowest BCUT2D eigenvalue weighted by Gasteiger charge is -2.24. The van der Waals surface area contributed by atoms with Gasteiger partial charge in [0.25, 0.3) is 0 Å². The van der Waals surface area contributed by atoms with Crippen molar-refractivity contribution in [1.82, 2.24) is 19.9 Å². The Morgan fingerprint density at radius 2 is 1.73 bits per heavy atom. The monoisotopic (exact) mass is 412 g/mol. The van der Waals surface area contributed by atoms with Crippen LogP contribution in [0.15, 0.2) is 59.1 Å². The van der Waals surface area contributed by atoms with Gasteiger partial charge >= 0.3 is 0 Å². The molecule has 6 nitrogen and oxygen atoms in total. The summed E-state index contributed by atoms with van der Waals surface area (Å²) < 4.78 is 1.07. The fourth-order valence-corrected chi connectivity index (χ4v) is 2.78. The lowest BCUT2D eigenvalue weighted by Crippen LogP contribution is -2.24. The number of rotatable bonds is 6. The van der Waals surface area contributed by atoms with Gasteiger partial charge in [-0.2, -0.15) is 15.0 Å². The van der Waals surface area contributed by atoms with Crippen LogP contribution in [0, 0.1) is 0 Å². The molecule has 134 valence electrons. The van der Waals surface area contributed by atoms with E-state index in [-0.39, 0.29) is 12.0 Å². The summed E-state index contributed by atoms with van der Waals surface area (Å²) in [5.41, 5.74) is 8.01. The van der Waals surface area contributed by atoms with Gasteiger partial charge in [-0.05, 0) is 43.8 Å². The second kappa shape index (κ2) is 8.25. The Bertz CT molecular complexity index is 854. The van der Waals surface area contributed by atoms with E-state index in [9.17, 15) is 0 Å². The summed E-state index contributed by atoms with van der Waals surface area (Å²) in [4.78, 5) is 15.2. The van der Waals surface area contributed by atoms with Crippen molar-refractivity contribution in [3.8, 4) is 0 Å². The molecule has 0 amide bonds. The molecule has 0 fully saturated rings. The minimum atomic E-state index is -0.0136. The van der Waals surface area contributed by atoms with Crippen molar-refractivity contribution in [2.75, 3.05) is 18.1 Å². The second-order valence-electron chi connectivity index (χ2n) is 6.08. The Labute approximate surface area is 161 Å². The summed E-state index contributed by atoms with van der Waals surface area (Å²) in [5.74, 6) is 1.29. The first kappa shape index (κ1) is 18.3. The van der Waals surface area contributed by atoms with Crippen LogP contribution in [-0.2, 0) is 6.54 Å². The zero-order chi connectivity index (χ0) is 18.5. The molecular formula is C19H21BrN6. The molecule has 3 aromatic rings. The standard InChI is InChI=1S/C19H21BrN6/c1-13(26(2)12-14-8-10-15(20)11-9-14)17-23-18(21)25-19(24-17)22-16-6-4-3-5-7-16/h3-11,13H,12H2,1-2H3,(H3,21,22,23,24,25). The summed E-state index contributed by atoms with van der Waals surface area (Å²) in [6.45, 7) is 2.83. The Morgan fingerprint density at radius 3 is 2.42 bits per heavy atom. The van der Waals surface area contributed by atoms with Gasteiger partial charge < -0.3 is 11.1 Å². The molecule has 0 aliphatic heterocycles. The zero-order valence-electron chi connectivity index (χ0n) is 14.7. The third-order valence-electron chi connectivity index (χ3n) is 4.08. The number of nitrogen functional groups attached to an aromatic ring is 1. The highest BCUT2D eigenvalue weighted by Gasteiger charge is 2.17. The highest BCUT2D eigenvalue weighted by atomic mass is 79.9. The van der Waals surface area contributed by atoms with Gasteiger partial charge in [0.05, 0.1) is 6.04 Å². The first-order valence-electron chi connectivity index (χ1n) is 8.29. The molecule has 0 bridgehead atoms. The smallest absolute Gasteiger partial charge is 0.232 e. The van der Waals surface area contributed by atoms with Crippen molar-refractivity contribution < 1.29 is 0 Å². The van der Waals surface area contributed by atoms with E-state index in [1.54, 1.807) is 0 Å². The van der Waals surface area contributed by atoms with Crippen LogP contribution in [0.3, 0.4) is 0 Å². The first-order chi connectivity index (χ1) is 12.5. The molecule has 1 unspecified atom stereocenters. The molecule has 0 saturated carbocycles. The van der Waals surface area contributed by atoms with E-state index in [0.717, 1.165) is 16.7 Å². The lowest BCUT2D eigenvalue weighted by atomic mass is 10.2. The molecule has 0 spiro atoms. The molecule has 3 rings (SSSR count). The van der Waals surface area contributed by atoms with E-state index in [0.29, 0.717) is 11.8 Å². The van der Waals surface area contributed by atoms with Gasteiger partial charge in [-0.1, -0.05) is 46.3 Å². The number of nitrogens with two attached hydrogens (primary N) is 1. The third kappa shape index (κ3) is 4.77. The maximum absolute atomic E-state index is 5.89. The van der Waals surface area contributed by atoms with Crippen LogP contribution in [0.2, 0.25) is 0 Å². The largest absolute Gasteiger partial charge is 0.368 e. The average Bonchev–Trinajstić information content (AvgIpc) is 2.63. The van der Waals surface area contributed by atoms with Gasteiger partial charge in [0, 0.05) is 16.7 Å². The number of benzene rings is 2. The summed E-state index contributed by atoms with van der Waals surface area (Å²) >= 11 is 3.46. The number of halogens is 1. The van der Waals surface area contributed by atoms with Crippen LogP contribution in [0.25, 0.3) is 0 Å². The Kier molecular flexibility index (Phi) is 5.80. The van der Waals surface area contributed by atoms with Crippen LogP contribution < -0.4 is 11.1 Å². The fraction of sp³-hybridized carbons (Fsp3) is 0.211. The molecule has 0 aliphatic rings. The van der Waals surface area contributed by atoms with Crippen molar-refractivity contribution in [3.05, 3.63) is 70.5 Å². The topological polar surface area (TPSA) is 80.0 Å². The SMILES string of the molecule is CC(c1nc(N)nc(Nc2ccccc2)n1)N(C)Cc1ccc(Br)cc1. The highest BCUT2D eigenvalue weighted by Crippen LogP contribution is 2.21. The van der Waals surface area contributed by atoms with Crippen LogP contribution >= 0.6 is 15.9 Å². The number of aromatic nitrogens is 3. The normalized spacial score (nSPS) is 12.2. The first-order valence-corrected chi connectivity index (χ1v) is 9.09. The number of para-hydroxylation sites is 1. The molecule has 0 radical (unpaired) electrons. The van der Waals surface area contributed by atoms with E-state index >= 15 is 0 Å². The molecule has 1 heterocycles. The molecule has 1 atom stereocenters. The third-order valence-corrected chi connectivity index (χ3v) is 4.61. The number of anilines is 3. The number of hydrogen-bond donors (Lipinski definition) is 2. The maximum Gasteiger partial charge on any atom is 0.232 e. The molecule has 0 saturated heterocycles. The molecule has 2 aromatic carbocycles. The van der Waals surface area contributed by atoms with Crippen molar-refractivity contribution in [1.29, 1.82) is 0 Å². The zero-order valence-corrected chi connectivity index (χ0v) is 16.3. The number of nitrogens with zero attached hydrogens (tertiary/aromatic N) is 4. The summed E-state index contributed by atoms with van der Waals surface area (Å²) in [6.07, 6.45) is 0. The second-order valence-corrected chi connectivity index (χ2v) is 7.00. The summed E-state index contributed by atoms with van der Waals surface area (Å²) in [7, 11) is 2.04. The quantitative estimate of drug-likeness (QED) is 0.632. The summed E-state index contributed by atoms with van der Waals surface area (Å²) in [5, 5.41) is 3.17. The van der Waals surface area contributed by atoms with E-state index in [1.807, 2.05) is 49.5 Å². The van der Waals surface area contributed by atoms with Gasteiger partial charge in [-0.25, -0.2) is 0 Å². The van der Waals surface area contributed by atoms with E-state index in [2.05, 4.69) is 60.2 Å². The molecule has 1 aromatic heterocycles. The summed E-state index contributed by atoms with van der Waals surface area (Å²) in [6, 6.07) is 18.0. The lowest BCUT2D eigenvalue weighted by molar-refractivity contribution is 0.244. The van der Waals surface area contributed by atoms with E-state index < -0.39 is 0 Å². The van der Waals surface area contributed by atoms with Gasteiger partial charge in [-0.15, -0.1) is 0 Å². The Morgan fingerprint density at radius 1 is 1.04 bits per heavy atom. The van der Waals surface area contributed by atoms with Gasteiger partial charge in [0.15, 0.2) is 5.82 Å². The predicted octanol–water partition coefficient (Wildman–Crippen LogP) is 4.15. The van der Waals surface area contributed by atoms with Gasteiger partial charge in [0.1, 0.15) is 0 Å². The van der Waals surface area contributed by atoms with Gasteiger partial charge in [0.2, 0.25) is 11.9 Å². The maximum atomic E-state index is 5.89. The number of hydrogen-bond acceptors (Lipinski definition) is 6. The van der Waals surface area contributed by atoms with Crippen LogP contribution in [0.5, 0.6) is 0 Å². The Balaban J connectivity index is 1.75. The van der Waals surface area contributed by atoms with E-state index in [1.165, 1.54) is 5.56 Å². The molecule has 0 aliphatic carbocycles. The Hall–Kier alpha value is -2.51. The fourth-order valence-electron chi connectivity index (χ4n) is 2.51. The highest BCUT2D eigenvalue weighted by molar-refractivity contribution is 9.10. The average molecular weight is 413 g/mol. The van der Waals surface area contributed by atoms with E-state index in [4.69, 9.17) is 5.73 Å². The minimum Gasteiger partial charge on any atom is -0.368 e. The molecular weight excluding hydrogens is 392 g/mol. The molecule has 26 heavy (non-hydrogen) atoms. The van der Waals surface area contributed by atoms with Crippen LogP contribution in [-0.4, -0.2) is 26.9 Å². The predicted molar refractivity (Wildman–Crippen MR) is 108 cm³/mol.